The number of rotatable bonds is 8. The molecule has 112 valence electrons. The van der Waals surface area contributed by atoms with E-state index in [0.29, 0.717) is 12.2 Å². The topological polar surface area (TPSA) is 9.23 Å². The van der Waals surface area contributed by atoms with E-state index in [0.717, 1.165) is 11.8 Å². The first-order valence-corrected chi connectivity index (χ1v) is 8.89. The van der Waals surface area contributed by atoms with Gasteiger partial charge in [-0.15, -0.1) is 0 Å². The molecule has 2 aliphatic carbocycles. The van der Waals surface area contributed by atoms with Gasteiger partial charge in [-0.3, -0.25) is 0 Å². The van der Waals surface area contributed by atoms with Crippen molar-refractivity contribution in [3.05, 3.63) is 0 Å². The van der Waals surface area contributed by atoms with Gasteiger partial charge in [-0.05, 0) is 51.4 Å². The van der Waals surface area contributed by atoms with Gasteiger partial charge in [0.1, 0.15) is 0 Å². The maximum absolute atomic E-state index is 6.17. The summed E-state index contributed by atoms with van der Waals surface area (Å²) in [5.41, 5.74) is 0. The SMILES string of the molecule is CC(CCC1CCCC1)OC(C)CCC1CCCC1. The van der Waals surface area contributed by atoms with Crippen LogP contribution in [-0.2, 0) is 4.74 Å². The summed E-state index contributed by atoms with van der Waals surface area (Å²) in [6.45, 7) is 4.56. The van der Waals surface area contributed by atoms with Crippen molar-refractivity contribution in [2.75, 3.05) is 0 Å². The molecule has 0 aliphatic heterocycles. The maximum atomic E-state index is 6.17. The molecular formula is C18H34O. The van der Waals surface area contributed by atoms with Gasteiger partial charge < -0.3 is 4.74 Å². The van der Waals surface area contributed by atoms with E-state index in [4.69, 9.17) is 4.74 Å². The first-order chi connectivity index (χ1) is 9.24. The third-order valence-electron chi connectivity index (χ3n) is 5.38. The van der Waals surface area contributed by atoms with Crippen molar-refractivity contribution in [1.82, 2.24) is 0 Å². The molecule has 0 heterocycles. The fourth-order valence-electron chi connectivity index (χ4n) is 4.07. The molecule has 0 aromatic rings. The second kappa shape index (κ2) is 8.29. The monoisotopic (exact) mass is 266 g/mol. The molecule has 2 atom stereocenters. The number of hydrogen-bond donors (Lipinski definition) is 0. The predicted molar refractivity (Wildman–Crippen MR) is 82.4 cm³/mol. The Balaban J connectivity index is 1.51. The smallest absolute Gasteiger partial charge is 0.0550 e. The lowest BCUT2D eigenvalue weighted by Crippen LogP contribution is -2.18. The molecule has 0 saturated heterocycles. The van der Waals surface area contributed by atoms with E-state index in [-0.39, 0.29) is 0 Å². The third-order valence-corrected chi connectivity index (χ3v) is 5.38. The number of hydrogen-bond acceptors (Lipinski definition) is 1. The van der Waals surface area contributed by atoms with Gasteiger partial charge in [-0.1, -0.05) is 51.4 Å². The van der Waals surface area contributed by atoms with Crippen molar-refractivity contribution in [1.29, 1.82) is 0 Å². The van der Waals surface area contributed by atoms with Crippen LogP contribution in [0.4, 0.5) is 0 Å². The van der Waals surface area contributed by atoms with Crippen LogP contribution in [0.15, 0.2) is 0 Å². The summed E-state index contributed by atoms with van der Waals surface area (Å²) in [6.07, 6.45) is 18.1. The molecule has 0 radical (unpaired) electrons. The zero-order chi connectivity index (χ0) is 13.5. The van der Waals surface area contributed by atoms with Gasteiger partial charge in [0.2, 0.25) is 0 Å². The molecule has 1 heteroatoms. The zero-order valence-corrected chi connectivity index (χ0v) is 13.2. The molecule has 1 nitrogen and oxygen atoms in total. The van der Waals surface area contributed by atoms with E-state index in [2.05, 4.69) is 13.8 Å². The predicted octanol–water partition coefficient (Wildman–Crippen LogP) is 5.72. The Hall–Kier alpha value is -0.0400. The van der Waals surface area contributed by atoms with Gasteiger partial charge in [0.15, 0.2) is 0 Å². The highest BCUT2D eigenvalue weighted by Crippen LogP contribution is 2.31. The van der Waals surface area contributed by atoms with Crippen LogP contribution in [-0.4, -0.2) is 12.2 Å². The third kappa shape index (κ3) is 5.85. The summed E-state index contributed by atoms with van der Waals surface area (Å²) in [6, 6.07) is 0. The first-order valence-electron chi connectivity index (χ1n) is 8.89. The van der Waals surface area contributed by atoms with Gasteiger partial charge in [0.25, 0.3) is 0 Å². The van der Waals surface area contributed by atoms with Gasteiger partial charge in [0.05, 0.1) is 12.2 Å². The largest absolute Gasteiger partial charge is 0.376 e. The average molecular weight is 266 g/mol. The van der Waals surface area contributed by atoms with Crippen molar-refractivity contribution in [2.45, 2.75) is 103 Å². The fraction of sp³-hybridized carbons (Fsp3) is 1.00. The summed E-state index contributed by atoms with van der Waals surface area (Å²) in [4.78, 5) is 0. The van der Waals surface area contributed by atoms with Crippen LogP contribution in [0.5, 0.6) is 0 Å². The van der Waals surface area contributed by atoms with Gasteiger partial charge in [0, 0.05) is 0 Å². The lowest BCUT2D eigenvalue weighted by molar-refractivity contribution is -0.00556. The van der Waals surface area contributed by atoms with E-state index in [1.165, 1.54) is 77.0 Å². The molecule has 0 bridgehead atoms. The zero-order valence-electron chi connectivity index (χ0n) is 13.2. The maximum Gasteiger partial charge on any atom is 0.0550 e. The molecule has 2 fully saturated rings. The van der Waals surface area contributed by atoms with Gasteiger partial charge in [-0.25, -0.2) is 0 Å². The van der Waals surface area contributed by atoms with Crippen LogP contribution in [0, 0.1) is 11.8 Å². The van der Waals surface area contributed by atoms with E-state index in [1.54, 1.807) is 0 Å². The molecule has 2 rings (SSSR count). The van der Waals surface area contributed by atoms with E-state index >= 15 is 0 Å². The summed E-state index contributed by atoms with van der Waals surface area (Å²) in [7, 11) is 0. The summed E-state index contributed by atoms with van der Waals surface area (Å²) < 4.78 is 6.17. The van der Waals surface area contributed by atoms with Crippen LogP contribution < -0.4 is 0 Å². The second-order valence-electron chi connectivity index (χ2n) is 7.21. The summed E-state index contributed by atoms with van der Waals surface area (Å²) in [5.74, 6) is 2.03. The Morgan fingerprint density at radius 1 is 0.737 bits per heavy atom. The first kappa shape index (κ1) is 15.4. The van der Waals surface area contributed by atoms with Crippen LogP contribution in [0.2, 0.25) is 0 Å². The minimum atomic E-state index is 0.471. The highest BCUT2D eigenvalue weighted by molar-refractivity contribution is 4.70. The Kier molecular flexibility index (Phi) is 6.70. The van der Waals surface area contributed by atoms with Crippen molar-refractivity contribution in [3.8, 4) is 0 Å². The highest BCUT2D eigenvalue weighted by Gasteiger charge is 2.19. The lowest BCUT2D eigenvalue weighted by Gasteiger charge is -2.21. The Morgan fingerprint density at radius 2 is 1.11 bits per heavy atom. The molecule has 0 spiro atoms. The van der Waals surface area contributed by atoms with E-state index in [9.17, 15) is 0 Å². The van der Waals surface area contributed by atoms with Crippen LogP contribution in [0.3, 0.4) is 0 Å². The molecule has 2 unspecified atom stereocenters. The molecule has 0 aromatic heterocycles. The van der Waals surface area contributed by atoms with Crippen LogP contribution in [0.25, 0.3) is 0 Å². The van der Waals surface area contributed by atoms with E-state index < -0.39 is 0 Å². The summed E-state index contributed by atoms with van der Waals surface area (Å²) >= 11 is 0. The Morgan fingerprint density at radius 3 is 1.47 bits per heavy atom. The Bertz CT molecular complexity index is 202. The minimum absolute atomic E-state index is 0.471. The molecule has 0 aromatic carbocycles. The van der Waals surface area contributed by atoms with Gasteiger partial charge >= 0.3 is 0 Å². The van der Waals surface area contributed by atoms with Crippen molar-refractivity contribution in [2.24, 2.45) is 11.8 Å². The molecule has 0 N–H and O–H groups in total. The van der Waals surface area contributed by atoms with E-state index in [1.807, 2.05) is 0 Å². The van der Waals surface area contributed by atoms with Crippen LogP contribution in [0.1, 0.15) is 90.9 Å². The second-order valence-corrected chi connectivity index (χ2v) is 7.21. The van der Waals surface area contributed by atoms with Crippen molar-refractivity contribution >= 4 is 0 Å². The van der Waals surface area contributed by atoms with Gasteiger partial charge in [-0.2, -0.15) is 0 Å². The fourth-order valence-corrected chi connectivity index (χ4v) is 4.07. The minimum Gasteiger partial charge on any atom is -0.376 e. The number of ether oxygens (including phenoxy) is 1. The molecule has 19 heavy (non-hydrogen) atoms. The normalized spacial score (nSPS) is 24.9. The van der Waals surface area contributed by atoms with Crippen molar-refractivity contribution in [3.63, 3.8) is 0 Å². The van der Waals surface area contributed by atoms with Crippen LogP contribution >= 0.6 is 0 Å². The molecule has 0 amide bonds. The highest BCUT2D eigenvalue weighted by atomic mass is 16.5. The quantitative estimate of drug-likeness (QED) is 0.546. The molecule has 2 saturated carbocycles. The summed E-state index contributed by atoms with van der Waals surface area (Å²) in [5, 5.41) is 0. The lowest BCUT2D eigenvalue weighted by atomic mass is 9.99. The standard InChI is InChI=1S/C18H34O/c1-15(11-13-17-7-3-4-8-17)19-16(2)12-14-18-9-5-6-10-18/h15-18H,3-14H2,1-2H3. The molecule has 2 aliphatic rings. The van der Waals surface area contributed by atoms with Crippen molar-refractivity contribution < 1.29 is 4.74 Å². The Labute approximate surface area is 120 Å². The molecular weight excluding hydrogens is 232 g/mol. The average Bonchev–Trinajstić information content (AvgIpc) is 3.07.